The highest BCUT2D eigenvalue weighted by Gasteiger charge is 2.34. The SMILES string of the molecule is COC(=O)[C@H]1CN(S(=O)(=O)c2cc(C)ccc2C)CCS1. The van der Waals surface area contributed by atoms with Crippen molar-refractivity contribution in [2.45, 2.75) is 24.0 Å². The van der Waals surface area contributed by atoms with Crippen LogP contribution in [0.5, 0.6) is 0 Å². The maximum absolute atomic E-state index is 12.8. The van der Waals surface area contributed by atoms with Crippen molar-refractivity contribution < 1.29 is 17.9 Å². The summed E-state index contributed by atoms with van der Waals surface area (Å²) in [5, 5.41) is -0.455. The highest BCUT2D eigenvalue weighted by Crippen LogP contribution is 2.27. The Morgan fingerprint density at radius 1 is 1.38 bits per heavy atom. The molecule has 5 nitrogen and oxygen atoms in total. The molecule has 0 saturated carbocycles. The van der Waals surface area contributed by atoms with E-state index >= 15 is 0 Å². The predicted molar refractivity (Wildman–Crippen MR) is 82.9 cm³/mol. The average Bonchev–Trinajstić information content (AvgIpc) is 2.49. The third kappa shape index (κ3) is 3.41. The maximum Gasteiger partial charge on any atom is 0.320 e. The fourth-order valence-corrected chi connectivity index (χ4v) is 5.35. The highest BCUT2D eigenvalue weighted by atomic mass is 32.2. The topological polar surface area (TPSA) is 63.7 Å². The van der Waals surface area contributed by atoms with E-state index in [1.54, 1.807) is 19.1 Å². The quantitative estimate of drug-likeness (QED) is 0.788. The van der Waals surface area contributed by atoms with E-state index in [0.29, 0.717) is 22.8 Å². The molecule has 21 heavy (non-hydrogen) atoms. The molecule has 2 rings (SSSR count). The Labute approximate surface area is 129 Å². The highest BCUT2D eigenvalue weighted by molar-refractivity contribution is 8.00. The second-order valence-electron chi connectivity index (χ2n) is 5.01. The van der Waals surface area contributed by atoms with Crippen LogP contribution in [0.4, 0.5) is 0 Å². The fraction of sp³-hybridized carbons (Fsp3) is 0.500. The fourth-order valence-electron chi connectivity index (χ4n) is 2.24. The van der Waals surface area contributed by atoms with E-state index in [9.17, 15) is 13.2 Å². The molecule has 1 aromatic carbocycles. The van der Waals surface area contributed by atoms with Crippen LogP contribution >= 0.6 is 11.8 Å². The van der Waals surface area contributed by atoms with Crippen LogP contribution in [0.3, 0.4) is 0 Å². The number of thioether (sulfide) groups is 1. The summed E-state index contributed by atoms with van der Waals surface area (Å²) < 4.78 is 31.7. The standard InChI is InChI=1S/C14H19NO4S2/c1-10-4-5-11(2)13(8-10)21(17,18)15-6-7-20-12(9-15)14(16)19-3/h4-5,8,12H,6-7,9H2,1-3H3/t12-/m1/s1. The predicted octanol–water partition coefficient (Wildman–Crippen LogP) is 1.58. The van der Waals surface area contributed by atoms with Crippen molar-refractivity contribution >= 4 is 27.8 Å². The van der Waals surface area contributed by atoms with Gasteiger partial charge in [-0.05, 0) is 31.0 Å². The summed E-state index contributed by atoms with van der Waals surface area (Å²) >= 11 is 1.44. The minimum Gasteiger partial charge on any atom is -0.468 e. The number of aryl methyl sites for hydroxylation is 2. The van der Waals surface area contributed by atoms with Crippen molar-refractivity contribution in [1.82, 2.24) is 4.31 Å². The third-order valence-electron chi connectivity index (χ3n) is 3.45. The minimum atomic E-state index is -3.58. The first-order valence-corrected chi connectivity index (χ1v) is 9.12. The number of carbonyl (C=O) groups excluding carboxylic acids is 1. The van der Waals surface area contributed by atoms with Crippen LogP contribution in [-0.2, 0) is 19.6 Å². The van der Waals surface area contributed by atoms with E-state index in [1.165, 1.54) is 23.2 Å². The van der Waals surface area contributed by atoms with Crippen molar-refractivity contribution in [3.05, 3.63) is 29.3 Å². The molecule has 116 valence electrons. The Hall–Kier alpha value is -1.05. The van der Waals surface area contributed by atoms with Crippen molar-refractivity contribution in [2.75, 3.05) is 26.0 Å². The van der Waals surface area contributed by atoms with Gasteiger partial charge in [-0.3, -0.25) is 4.79 Å². The molecular formula is C14H19NO4S2. The van der Waals surface area contributed by atoms with Crippen LogP contribution in [0.2, 0.25) is 0 Å². The lowest BCUT2D eigenvalue weighted by molar-refractivity contribution is -0.140. The van der Waals surface area contributed by atoms with Crippen molar-refractivity contribution in [2.24, 2.45) is 0 Å². The van der Waals surface area contributed by atoms with E-state index in [0.717, 1.165) is 5.56 Å². The van der Waals surface area contributed by atoms with Crippen molar-refractivity contribution in [1.29, 1.82) is 0 Å². The Bertz CT molecular complexity index is 642. The van der Waals surface area contributed by atoms with Gasteiger partial charge in [-0.1, -0.05) is 12.1 Å². The van der Waals surface area contributed by atoms with Crippen LogP contribution in [0, 0.1) is 13.8 Å². The van der Waals surface area contributed by atoms with Crippen LogP contribution in [0.15, 0.2) is 23.1 Å². The lowest BCUT2D eigenvalue weighted by atomic mass is 10.2. The molecule has 1 heterocycles. The van der Waals surface area contributed by atoms with Crippen LogP contribution in [0.25, 0.3) is 0 Å². The molecular weight excluding hydrogens is 310 g/mol. The van der Waals surface area contributed by atoms with Crippen LogP contribution in [0.1, 0.15) is 11.1 Å². The number of carbonyl (C=O) groups is 1. The summed E-state index contributed by atoms with van der Waals surface area (Å²) in [6, 6.07) is 5.37. The van der Waals surface area contributed by atoms with Gasteiger partial charge < -0.3 is 4.74 Å². The van der Waals surface area contributed by atoms with Crippen molar-refractivity contribution in [3.8, 4) is 0 Å². The molecule has 7 heteroatoms. The smallest absolute Gasteiger partial charge is 0.320 e. The molecule has 1 aliphatic heterocycles. The van der Waals surface area contributed by atoms with E-state index < -0.39 is 15.3 Å². The molecule has 1 aliphatic rings. The zero-order valence-corrected chi connectivity index (χ0v) is 14.0. The summed E-state index contributed by atoms with van der Waals surface area (Å²) in [4.78, 5) is 11.9. The molecule has 1 atom stereocenters. The summed E-state index contributed by atoms with van der Waals surface area (Å²) in [5.41, 5.74) is 1.61. The summed E-state index contributed by atoms with van der Waals surface area (Å²) in [5.74, 6) is 0.213. The lowest BCUT2D eigenvalue weighted by Gasteiger charge is -2.30. The molecule has 0 aromatic heterocycles. The van der Waals surface area contributed by atoms with Gasteiger partial charge in [-0.15, -0.1) is 11.8 Å². The van der Waals surface area contributed by atoms with Crippen LogP contribution < -0.4 is 0 Å². The van der Waals surface area contributed by atoms with E-state index in [2.05, 4.69) is 0 Å². The number of esters is 1. The Kier molecular flexibility index (Phi) is 4.95. The second kappa shape index (κ2) is 6.37. The number of ether oxygens (including phenoxy) is 1. The van der Waals surface area contributed by atoms with Gasteiger partial charge in [-0.25, -0.2) is 8.42 Å². The van der Waals surface area contributed by atoms with Gasteiger partial charge in [0.1, 0.15) is 5.25 Å². The number of methoxy groups -OCH3 is 1. The zero-order chi connectivity index (χ0) is 15.6. The molecule has 0 unspecified atom stereocenters. The summed E-state index contributed by atoms with van der Waals surface area (Å²) in [6.45, 7) is 4.21. The summed E-state index contributed by atoms with van der Waals surface area (Å²) in [7, 11) is -2.26. The molecule has 0 radical (unpaired) electrons. The number of nitrogens with zero attached hydrogens (tertiary/aromatic N) is 1. The number of rotatable bonds is 3. The number of hydrogen-bond acceptors (Lipinski definition) is 5. The zero-order valence-electron chi connectivity index (χ0n) is 12.3. The van der Waals surface area contributed by atoms with E-state index in [-0.39, 0.29) is 12.5 Å². The molecule has 1 aromatic rings. The maximum atomic E-state index is 12.8. The Morgan fingerprint density at radius 2 is 2.10 bits per heavy atom. The van der Waals surface area contributed by atoms with Gasteiger partial charge in [0, 0.05) is 18.8 Å². The largest absolute Gasteiger partial charge is 0.468 e. The number of sulfonamides is 1. The van der Waals surface area contributed by atoms with E-state index in [1.807, 2.05) is 13.0 Å². The van der Waals surface area contributed by atoms with Gasteiger partial charge in [0.25, 0.3) is 0 Å². The van der Waals surface area contributed by atoms with Crippen LogP contribution in [-0.4, -0.2) is 49.9 Å². The normalized spacial score (nSPS) is 20.2. The average molecular weight is 329 g/mol. The molecule has 0 aliphatic carbocycles. The molecule has 0 bridgehead atoms. The Morgan fingerprint density at radius 3 is 2.76 bits per heavy atom. The first-order valence-electron chi connectivity index (χ1n) is 6.63. The molecule has 0 amide bonds. The van der Waals surface area contributed by atoms with Gasteiger partial charge in [0.15, 0.2) is 0 Å². The van der Waals surface area contributed by atoms with Gasteiger partial charge in [0.2, 0.25) is 10.0 Å². The van der Waals surface area contributed by atoms with Gasteiger partial charge in [-0.2, -0.15) is 4.31 Å². The lowest BCUT2D eigenvalue weighted by Crippen LogP contribution is -2.45. The third-order valence-corrected chi connectivity index (χ3v) is 6.62. The first kappa shape index (κ1) is 16.3. The molecule has 1 saturated heterocycles. The second-order valence-corrected chi connectivity index (χ2v) is 8.23. The monoisotopic (exact) mass is 329 g/mol. The van der Waals surface area contributed by atoms with Gasteiger partial charge in [0.05, 0.1) is 12.0 Å². The van der Waals surface area contributed by atoms with E-state index in [4.69, 9.17) is 4.74 Å². The minimum absolute atomic E-state index is 0.160. The van der Waals surface area contributed by atoms with Crippen molar-refractivity contribution in [3.63, 3.8) is 0 Å². The first-order chi connectivity index (χ1) is 9.86. The molecule has 0 N–H and O–H groups in total. The number of hydrogen-bond donors (Lipinski definition) is 0. The molecule has 0 spiro atoms. The molecule has 1 fully saturated rings. The van der Waals surface area contributed by atoms with Gasteiger partial charge >= 0.3 is 5.97 Å². The number of benzene rings is 1. The Balaban J connectivity index is 2.31. The summed E-state index contributed by atoms with van der Waals surface area (Å²) in [6.07, 6.45) is 0.